The van der Waals surface area contributed by atoms with Crippen LogP contribution in [0.5, 0.6) is 0 Å². The number of fused-ring (bicyclic) bond motifs is 2. The van der Waals surface area contributed by atoms with Crippen LogP contribution in [-0.2, 0) is 0 Å². The van der Waals surface area contributed by atoms with Gasteiger partial charge in [0, 0.05) is 11.3 Å². The molecule has 1 aliphatic rings. The normalized spacial score (nSPS) is 14.2. The van der Waals surface area contributed by atoms with Crippen LogP contribution in [0.25, 0.3) is 10.8 Å². The lowest BCUT2D eigenvalue weighted by Gasteiger charge is -2.13. The lowest BCUT2D eigenvalue weighted by Crippen LogP contribution is -2.13. The second-order valence-corrected chi connectivity index (χ2v) is 5.26. The maximum atomic E-state index is 4.61. The van der Waals surface area contributed by atoms with Crippen molar-refractivity contribution < 1.29 is 0 Å². The van der Waals surface area contributed by atoms with E-state index in [0.29, 0.717) is 0 Å². The SMILES string of the molecule is c1ccc2c(C3=Nn4cnnc4SC3)cccc2c1. The number of hydrogen-bond donors (Lipinski definition) is 0. The first-order valence-corrected chi connectivity index (χ1v) is 6.99. The largest absolute Gasteiger partial charge is 0.212 e. The Kier molecular flexibility index (Phi) is 2.38. The van der Waals surface area contributed by atoms with Gasteiger partial charge in [-0.1, -0.05) is 54.2 Å². The third-order valence-electron chi connectivity index (χ3n) is 3.17. The van der Waals surface area contributed by atoms with Crippen molar-refractivity contribution in [2.75, 3.05) is 5.75 Å². The van der Waals surface area contributed by atoms with Gasteiger partial charge in [0.05, 0.1) is 5.71 Å². The lowest BCUT2D eigenvalue weighted by molar-refractivity contribution is 0.757. The van der Waals surface area contributed by atoms with E-state index in [9.17, 15) is 0 Å². The van der Waals surface area contributed by atoms with Crippen LogP contribution in [0.4, 0.5) is 0 Å². The fourth-order valence-corrected chi connectivity index (χ4v) is 3.09. The predicted octanol–water partition coefficient (Wildman–Crippen LogP) is 2.79. The van der Waals surface area contributed by atoms with E-state index in [-0.39, 0.29) is 0 Å². The molecule has 0 radical (unpaired) electrons. The summed E-state index contributed by atoms with van der Waals surface area (Å²) in [5, 5.41) is 15.8. The minimum Gasteiger partial charge on any atom is -0.194 e. The second kappa shape index (κ2) is 4.20. The molecule has 4 rings (SSSR count). The summed E-state index contributed by atoms with van der Waals surface area (Å²) >= 11 is 1.67. The molecule has 5 heteroatoms. The van der Waals surface area contributed by atoms with Crippen molar-refractivity contribution in [2.45, 2.75) is 5.16 Å². The van der Waals surface area contributed by atoms with Crippen LogP contribution in [0.2, 0.25) is 0 Å². The molecular formula is C14H10N4S. The monoisotopic (exact) mass is 266 g/mol. The van der Waals surface area contributed by atoms with Crippen molar-refractivity contribution in [1.82, 2.24) is 14.9 Å². The molecule has 1 aromatic heterocycles. The molecule has 0 unspecified atom stereocenters. The van der Waals surface area contributed by atoms with Crippen molar-refractivity contribution in [3.63, 3.8) is 0 Å². The van der Waals surface area contributed by atoms with Crippen molar-refractivity contribution in [2.24, 2.45) is 5.10 Å². The zero-order chi connectivity index (χ0) is 12.7. The van der Waals surface area contributed by atoms with Crippen LogP contribution in [-0.4, -0.2) is 26.3 Å². The van der Waals surface area contributed by atoms with Gasteiger partial charge in [-0.2, -0.15) is 9.78 Å². The first-order valence-electron chi connectivity index (χ1n) is 6.00. The van der Waals surface area contributed by atoms with Gasteiger partial charge in [-0.3, -0.25) is 0 Å². The van der Waals surface area contributed by atoms with E-state index in [1.54, 1.807) is 22.8 Å². The molecule has 0 aliphatic carbocycles. The summed E-state index contributed by atoms with van der Waals surface area (Å²) in [6, 6.07) is 14.7. The molecule has 2 aromatic carbocycles. The van der Waals surface area contributed by atoms with Gasteiger partial charge >= 0.3 is 0 Å². The topological polar surface area (TPSA) is 43.1 Å². The van der Waals surface area contributed by atoms with Crippen molar-refractivity contribution in [1.29, 1.82) is 0 Å². The van der Waals surface area contributed by atoms with Gasteiger partial charge in [-0.25, -0.2) is 0 Å². The van der Waals surface area contributed by atoms with Crippen molar-refractivity contribution in [3.8, 4) is 0 Å². The van der Waals surface area contributed by atoms with Crippen molar-refractivity contribution >= 4 is 28.2 Å². The van der Waals surface area contributed by atoms with Gasteiger partial charge in [0.25, 0.3) is 0 Å². The maximum Gasteiger partial charge on any atom is 0.212 e. The molecule has 0 saturated carbocycles. The van der Waals surface area contributed by atoms with E-state index in [2.05, 4.69) is 57.8 Å². The quantitative estimate of drug-likeness (QED) is 0.680. The highest BCUT2D eigenvalue weighted by Gasteiger charge is 2.16. The number of thioether (sulfide) groups is 1. The van der Waals surface area contributed by atoms with Gasteiger partial charge in [-0.05, 0) is 10.8 Å². The molecule has 0 spiro atoms. The highest BCUT2D eigenvalue weighted by Crippen LogP contribution is 2.26. The molecule has 1 aliphatic heterocycles. The van der Waals surface area contributed by atoms with Gasteiger partial charge in [0.2, 0.25) is 5.16 Å². The Balaban J connectivity index is 1.92. The molecule has 4 nitrogen and oxygen atoms in total. The molecule has 0 N–H and O–H groups in total. The first-order chi connectivity index (χ1) is 9.42. The molecule has 19 heavy (non-hydrogen) atoms. The first kappa shape index (κ1) is 10.8. The third kappa shape index (κ3) is 1.74. The number of benzene rings is 2. The summed E-state index contributed by atoms with van der Waals surface area (Å²) in [6.45, 7) is 0. The van der Waals surface area contributed by atoms with E-state index >= 15 is 0 Å². The van der Waals surface area contributed by atoms with Crippen LogP contribution in [0, 0.1) is 0 Å². The summed E-state index contributed by atoms with van der Waals surface area (Å²) in [5.74, 6) is 0.826. The third-order valence-corrected chi connectivity index (χ3v) is 4.11. The van der Waals surface area contributed by atoms with Crippen LogP contribution in [0.15, 0.2) is 59.0 Å². The molecule has 2 heterocycles. The smallest absolute Gasteiger partial charge is 0.194 e. The van der Waals surface area contributed by atoms with Gasteiger partial charge < -0.3 is 0 Å². The summed E-state index contributed by atoms with van der Waals surface area (Å²) in [6.07, 6.45) is 1.65. The highest BCUT2D eigenvalue weighted by molar-refractivity contribution is 7.99. The molecule has 3 aromatic rings. The molecule has 92 valence electrons. The van der Waals surface area contributed by atoms with Gasteiger partial charge in [0.15, 0.2) is 0 Å². The summed E-state index contributed by atoms with van der Waals surface area (Å²) in [4.78, 5) is 0. The molecule has 0 atom stereocenters. The standard InChI is InChI=1S/C14H10N4S/c1-2-6-11-10(4-1)5-3-7-12(11)13-8-19-14-16-15-9-18(14)17-13/h1-7,9H,8H2. The average molecular weight is 266 g/mol. The van der Waals surface area contributed by atoms with Crippen LogP contribution >= 0.6 is 11.8 Å². The van der Waals surface area contributed by atoms with E-state index in [1.165, 1.54) is 16.3 Å². The van der Waals surface area contributed by atoms with E-state index < -0.39 is 0 Å². The summed E-state index contributed by atoms with van der Waals surface area (Å²) in [5.41, 5.74) is 2.25. The minimum absolute atomic E-state index is 0.826. The zero-order valence-corrected chi connectivity index (χ0v) is 10.8. The average Bonchev–Trinajstić information content (AvgIpc) is 2.94. The Labute approximate surface area is 114 Å². The Morgan fingerprint density at radius 3 is 2.95 bits per heavy atom. The Morgan fingerprint density at radius 2 is 1.95 bits per heavy atom. The molecular weight excluding hydrogens is 256 g/mol. The highest BCUT2D eigenvalue weighted by atomic mass is 32.2. The Morgan fingerprint density at radius 1 is 1.05 bits per heavy atom. The number of aromatic nitrogens is 3. The van der Waals surface area contributed by atoms with Crippen LogP contribution in [0.3, 0.4) is 0 Å². The zero-order valence-electron chi connectivity index (χ0n) is 10.0. The van der Waals surface area contributed by atoms with Gasteiger partial charge in [-0.15, -0.1) is 10.2 Å². The van der Waals surface area contributed by atoms with Crippen molar-refractivity contribution in [3.05, 3.63) is 54.4 Å². The number of nitrogens with zero attached hydrogens (tertiary/aromatic N) is 4. The molecule has 0 fully saturated rings. The Hall–Kier alpha value is -2.14. The second-order valence-electron chi connectivity index (χ2n) is 4.32. The van der Waals surface area contributed by atoms with E-state index in [4.69, 9.17) is 0 Å². The van der Waals surface area contributed by atoms with Gasteiger partial charge in [0.1, 0.15) is 6.33 Å². The molecule has 0 saturated heterocycles. The minimum atomic E-state index is 0.826. The van der Waals surface area contributed by atoms with Crippen LogP contribution < -0.4 is 0 Å². The van der Waals surface area contributed by atoms with E-state index in [1.807, 2.05) is 0 Å². The number of rotatable bonds is 1. The molecule has 0 amide bonds. The number of hydrogen-bond acceptors (Lipinski definition) is 4. The van der Waals surface area contributed by atoms with Crippen LogP contribution in [0.1, 0.15) is 5.56 Å². The lowest BCUT2D eigenvalue weighted by atomic mass is 10.0. The Bertz CT molecular complexity index is 786. The maximum absolute atomic E-state index is 4.61. The fraction of sp³-hybridized carbons (Fsp3) is 0.0714. The summed E-state index contributed by atoms with van der Waals surface area (Å²) in [7, 11) is 0. The van der Waals surface area contributed by atoms with E-state index in [0.717, 1.165) is 16.6 Å². The molecule has 0 bridgehead atoms. The predicted molar refractivity (Wildman–Crippen MR) is 76.6 cm³/mol. The summed E-state index contributed by atoms with van der Waals surface area (Å²) < 4.78 is 1.74. The fourth-order valence-electron chi connectivity index (χ4n) is 2.28.